The quantitative estimate of drug-likeness (QED) is 0.257. The van der Waals surface area contributed by atoms with E-state index < -0.39 is 0 Å². The smallest absolute Gasteiger partial charge is 0.330 e. The van der Waals surface area contributed by atoms with E-state index in [4.69, 9.17) is 9.47 Å². The number of esters is 2. The van der Waals surface area contributed by atoms with E-state index in [-0.39, 0.29) is 11.9 Å². The van der Waals surface area contributed by atoms with Crippen molar-refractivity contribution < 1.29 is 19.1 Å². The fraction of sp³-hybridized carbons (Fsp3) is 0.625. The molecule has 0 aromatic heterocycles. The number of carbonyl (C=O) groups excluding carboxylic acids is 2. The Morgan fingerprint density at radius 3 is 1.50 bits per heavy atom. The van der Waals surface area contributed by atoms with Crippen molar-refractivity contribution in [3.8, 4) is 0 Å². The highest BCUT2D eigenvalue weighted by Crippen LogP contribution is 2.10. The normalized spacial score (nSPS) is 10.0. The predicted molar refractivity (Wildman–Crippen MR) is 95.4 cm³/mol. The van der Waals surface area contributed by atoms with Crippen molar-refractivity contribution in [3.63, 3.8) is 0 Å². The molecule has 0 heterocycles. The van der Waals surface area contributed by atoms with Crippen LogP contribution in [0, 0.1) is 0 Å². The number of carbonyl (C=O) groups is 2. The minimum Gasteiger partial charge on any atom is -0.462 e. The van der Waals surface area contributed by atoms with Crippen LogP contribution in [0.5, 0.6) is 0 Å². The molecule has 0 aliphatic heterocycles. The van der Waals surface area contributed by atoms with Crippen LogP contribution in [0.15, 0.2) is 25.3 Å². The molecule has 0 aliphatic rings. The summed E-state index contributed by atoms with van der Waals surface area (Å²) < 4.78 is 9.78. The summed E-state index contributed by atoms with van der Waals surface area (Å²) in [5.74, 6) is 3.21. The molecule has 0 spiro atoms. The first kappa shape index (κ1) is 21.1. The summed E-state index contributed by atoms with van der Waals surface area (Å²) in [4.78, 5) is 21.6. The van der Waals surface area contributed by atoms with Gasteiger partial charge < -0.3 is 9.47 Å². The molecule has 0 saturated carbocycles. The van der Waals surface area contributed by atoms with Crippen molar-refractivity contribution >= 4 is 35.5 Å². The third kappa shape index (κ3) is 15.5. The Bertz CT molecular complexity index is 300. The molecule has 126 valence electrons. The van der Waals surface area contributed by atoms with Gasteiger partial charge in [0, 0.05) is 23.7 Å². The average Bonchev–Trinajstić information content (AvgIpc) is 2.54. The molecule has 0 rings (SSSR count). The second-order valence-electron chi connectivity index (χ2n) is 4.38. The summed E-state index contributed by atoms with van der Waals surface area (Å²) in [6.45, 7) is 7.61. The van der Waals surface area contributed by atoms with Gasteiger partial charge in [0.1, 0.15) is 13.2 Å². The molecule has 0 atom stereocenters. The molecule has 0 radical (unpaired) electrons. The summed E-state index contributed by atoms with van der Waals surface area (Å²) in [5, 5.41) is 0. The lowest BCUT2D eigenvalue weighted by Gasteiger charge is -2.04. The van der Waals surface area contributed by atoms with Gasteiger partial charge in [-0.15, -0.1) is 0 Å². The standard InChI is InChI=1S/C16H26O4S2/c1-3-15(17)19-9-13-21-11-7-5-6-8-12-22-14-10-20-16(18)4-2/h3-4H,1-2,5-14H2. The van der Waals surface area contributed by atoms with Crippen molar-refractivity contribution in [3.05, 3.63) is 25.3 Å². The number of hydrogen-bond donors (Lipinski definition) is 0. The molecular weight excluding hydrogens is 320 g/mol. The van der Waals surface area contributed by atoms with Crippen LogP contribution in [0.3, 0.4) is 0 Å². The van der Waals surface area contributed by atoms with E-state index in [1.54, 1.807) is 0 Å². The third-order valence-electron chi connectivity index (χ3n) is 2.60. The number of thioether (sulfide) groups is 2. The maximum absolute atomic E-state index is 10.8. The Hall–Kier alpha value is -0.880. The van der Waals surface area contributed by atoms with Crippen LogP contribution in [0.2, 0.25) is 0 Å². The molecule has 0 aromatic rings. The second-order valence-corrected chi connectivity index (χ2v) is 6.83. The fourth-order valence-corrected chi connectivity index (χ4v) is 3.11. The largest absolute Gasteiger partial charge is 0.462 e. The van der Waals surface area contributed by atoms with Gasteiger partial charge >= 0.3 is 11.9 Å². The van der Waals surface area contributed by atoms with Gasteiger partial charge in [0.2, 0.25) is 0 Å². The van der Waals surface area contributed by atoms with E-state index >= 15 is 0 Å². The molecular formula is C16H26O4S2. The van der Waals surface area contributed by atoms with Gasteiger partial charge in [-0.05, 0) is 24.3 Å². The molecule has 22 heavy (non-hydrogen) atoms. The zero-order valence-electron chi connectivity index (χ0n) is 13.1. The Kier molecular flexibility index (Phi) is 15.8. The molecule has 0 aromatic carbocycles. The molecule has 4 nitrogen and oxygen atoms in total. The van der Waals surface area contributed by atoms with Gasteiger partial charge in [0.15, 0.2) is 0 Å². The topological polar surface area (TPSA) is 52.6 Å². The van der Waals surface area contributed by atoms with Crippen molar-refractivity contribution in [1.82, 2.24) is 0 Å². The highest BCUT2D eigenvalue weighted by Gasteiger charge is 1.97. The van der Waals surface area contributed by atoms with E-state index in [1.165, 1.54) is 37.8 Å². The first-order valence-corrected chi connectivity index (χ1v) is 9.75. The zero-order valence-corrected chi connectivity index (χ0v) is 14.7. The van der Waals surface area contributed by atoms with Crippen LogP contribution < -0.4 is 0 Å². The van der Waals surface area contributed by atoms with Crippen LogP contribution in [-0.4, -0.2) is 48.2 Å². The summed E-state index contributed by atoms with van der Waals surface area (Å²) in [5.41, 5.74) is 0. The van der Waals surface area contributed by atoms with Gasteiger partial charge in [-0.25, -0.2) is 9.59 Å². The molecule has 0 amide bonds. The second kappa shape index (κ2) is 16.5. The molecule has 0 unspecified atom stereocenters. The fourth-order valence-electron chi connectivity index (χ4n) is 1.49. The van der Waals surface area contributed by atoms with Crippen molar-refractivity contribution in [2.45, 2.75) is 25.7 Å². The minimum absolute atomic E-state index is 0.350. The van der Waals surface area contributed by atoms with E-state index in [0.29, 0.717) is 13.2 Å². The Morgan fingerprint density at radius 1 is 0.727 bits per heavy atom. The number of hydrogen-bond acceptors (Lipinski definition) is 6. The summed E-state index contributed by atoms with van der Waals surface area (Å²) in [7, 11) is 0. The molecule has 0 fully saturated rings. The predicted octanol–water partition coefficient (Wildman–Crippen LogP) is 3.47. The lowest BCUT2D eigenvalue weighted by atomic mass is 10.2. The van der Waals surface area contributed by atoms with E-state index in [2.05, 4.69) is 13.2 Å². The van der Waals surface area contributed by atoms with Crippen LogP contribution in [0.1, 0.15) is 25.7 Å². The van der Waals surface area contributed by atoms with E-state index in [9.17, 15) is 9.59 Å². The van der Waals surface area contributed by atoms with Gasteiger partial charge in [0.25, 0.3) is 0 Å². The lowest BCUT2D eigenvalue weighted by molar-refractivity contribution is -0.138. The summed E-state index contributed by atoms with van der Waals surface area (Å²) in [6.07, 6.45) is 7.22. The lowest BCUT2D eigenvalue weighted by Crippen LogP contribution is -2.04. The minimum atomic E-state index is -0.350. The van der Waals surface area contributed by atoms with Crippen molar-refractivity contribution in [2.24, 2.45) is 0 Å². The van der Waals surface area contributed by atoms with E-state index in [0.717, 1.165) is 23.0 Å². The highest BCUT2D eigenvalue weighted by atomic mass is 32.2. The van der Waals surface area contributed by atoms with Crippen LogP contribution in [0.25, 0.3) is 0 Å². The van der Waals surface area contributed by atoms with Gasteiger partial charge in [-0.2, -0.15) is 23.5 Å². The van der Waals surface area contributed by atoms with Crippen molar-refractivity contribution in [1.29, 1.82) is 0 Å². The first-order valence-electron chi connectivity index (χ1n) is 7.44. The maximum Gasteiger partial charge on any atom is 0.330 e. The number of ether oxygens (including phenoxy) is 2. The van der Waals surface area contributed by atoms with Crippen LogP contribution >= 0.6 is 23.5 Å². The highest BCUT2D eigenvalue weighted by molar-refractivity contribution is 7.99. The summed E-state index contributed by atoms with van der Waals surface area (Å²) >= 11 is 3.62. The molecule has 6 heteroatoms. The zero-order chi connectivity index (χ0) is 16.5. The van der Waals surface area contributed by atoms with Crippen LogP contribution in [0.4, 0.5) is 0 Å². The average molecular weight is 347 g/mol. The Balaban J connectivity index is 3.08. The maximum atomic E-state index is 10.8. The SMILES string of the molecule is C=CC(=O)OCCSCCCCCCSCCOC(=O)C=C. The molecule has 0 bridgehead atoms. The van der Waals surface area contributed by atoms with Gasteiger partial charge in [-0.1, -0.05) is 26.0 Å². The Labute approximate surface area is 142 Å². The van der Waals surface area contributed by atoms with Crippen LogP contribution in [-0.2, 0) is 19.1 Å². The Morgan fingerprint density at radius 2 is 1.14 bits per heavy atom. The molecule has 0 N–H and O–H groups in total. The third-order valence-corrected chi connectivity index (χ3v) is 4.67. The monoisotopic (exact) mass is 346 g/mol. The molecule has 0 aliphatic carbocycles. The van der Waals surface area contributed by atoms with Crippen molar-refractivity contribution in [2.75, 3.05) is 36.2 Å². The van der Waals surface area contributed by atoms with E-state index in [1.807, 2.05) is 23.5 Å². The van der Waals surface area contributed by atoms with Gasteiger partial charge in [-0.3, -0.25) is 0 Å². The molecule has 0 saturated heterocycles. The number of rotatable bonds is 15. The summed E-state index contributed by atoms with van der Waals surface area (Å²) in [6, 6.07) is 0. The number of unbranched alkanes of at least 4 members (excludes halogenated alkanes) is 3. The van der Waals surface area contributed by atoms with Gasteiger partial charge in [0.05, 0.1) is 0 Å². The first-order chi connectivity index (χ1) is 10.7.